The normalized spacial score (nSPS) is 10.6. The van der Waals surface area contributed by atoms with Crippen molar-refractivity contribution in [3.05, 3.63) is 64.3 Å². The summed E-state index contributed by atoms with van der Waals surface area (Å²) in [6, 6.07) is 13.9. The van der Waals surface area contributed by atoms with E-state index in [2.05, 4.69) is 22.7 Å². The van der Waals surface area contributed by atoms with E-state index in [0.717, 1.165) is 30.6 Å². The standard InChI is InChI=1S/C21H22Cl2N4O2/c1-3-4-6-15-12-20(27(26-15)16-7-5-8-17(13-16)29-2)25-21(28)24-14-9-10-18(22)19(23)11-14/h5,7-13H,3-4,6H2,1-2H3,(H2,24,25,28). The number of carbonyl (C=O) groups is 1. The number of anilines is 2. The van der Waals surface area contributed by atoms with Crippen molar-refractivity contribution in [2.45, 2.75) is 26.2 Å². The number of hydrogen-bond acceptors (Lipinski definition) is 3. The molecule has 0 aliphatic rings. The van der Waals surface area contributed by atoms with Crippen molar-refractivity contribution in [2.24, 2.45) is 0 Å². The van der Waals surface area contributed by atoms with Crippen molar-refractivity contribution in [1.29, 1.82) is 0 Å². The van der Waals surface area contributed by atoms with Crippen LogP contribution in [0, 0.1) is 0 Å². The lowest BCUT2D eigenvalue weighted by Crippen LogP contribution is -2.21. The quantitative estimate of drug-likeness (QED) is 0.468. The molecule has 6 nitrogen and oxygen atoms in total. The lowest BCUT2D eigenvalue weighted by Gasteiger charge is -2.11. The van der Waals surface area contributed by atoms with Gasteiger partial charge in [0.05, 0.1) is 28.5 Å². The Morgan fingerprint density at radius 3 is 2.66 bits per heavy atom. The molecule has 0 bridgehead atoms. The number of ether oxygens (including phenoxy) is 1. The first-order valence-corrected chi connectivity index (χ1v) is 10.0. The minimum atomic E-state index is -0.408. The van der Waals surface area contributed by atoms with E-state index in [4.69, 9.17) is 27.9 Å². The monoisotopic (exact) mass is 432 g/mol. The number of nitrogens with one attached hydrogen (secondary N) is 2. The number of unbranched alkanes of at least 4 members (excludes halogenated alkanes) is 1. The SMILES string of the molecule is CCCCc1cc(NC(=O)Nc2ccc(Cl)c(Cl)c2)n(-c2cccc(OC)c2)n1. The average Bonchev–Trinajstić information content (AvgIpc) is 3.11. The van der Waals surface area contributed by atoms with Crippen LogP contribution in [-0.2, 0) is 6.42 Å². The Balaban J connectivity index is 1.84. The smallest absolute Gasteiger partial charge is 0.324 e. The van der Waals surface area contributed by atoms with Gasteiger partial charge in [-0.15, -0.1) is 0 Å². The molecule has 0 unspecified atom stereocenters. The molecule has 0 aliphatic heterocycles. The van der Waals surface area contributed by atoms with Crippen molar-refractivity contribution in [2.75, 3.05) is 17.7 Å². The molecule has 8 heteroatoms. The van der Waals surface area contributed by atoms with Crippen LogP contribution in [0.2, 0.25) is 10.0 Å². The summed E-state index contributed by atoms with van der Waals surface area (Å²) in [6.07, 6.45) is 2.91. The second-order valence-electron chi connectivity index (χ2n) is 6.45. The summed E-state index contributed by atoms with van der Waals surface area (Å²) in [5.41, 5.74) is 2.23. The predicted octanol–water partition coefficient (Wildman–Crippen LogP) is 6.17. The number of methoxy groups -OCH3 is 1. The first-order chi connectivity index (χ1) is 14.0. The fourth-order valence-corrected chi connectivity index (χ4v) is 3.09. The molecule has 0 saturated heterocycles. The maximum atomic E-state index is 12.5. The number of aryl methyl sites for hydroxylation is 1. The fourth-order valence-electron chi connectivity index (χ4n) is 2.79. The van der Waals surface area contributed by atoms with E-state index < -0.39 is 6.03 Å². The maximum Gasteiger partial charge on any atom is 0.324 e. The lowest BCUT2D eigenvalue weighted by molar-refractivity contribution is 0.262. The highest BCUT2D eigenvalue weighted by molar-refractivity contribution is 6.42. The van der Waals surface area contributed by atoms with Crippen molar-refractivity contribution in [3.8, 4) is 11.4 Å². The zero-order chi connectivity index (χ0) is 20.8. The number of halogens is 2. The van der Waals surface area contributed by atoms with Gasteiger partial charge in [0.1, 0.15) is 11.6 Å². The van der Waals surface area contributed by atoms with E-state index in [9.17, 15) is 4.79 Å². The van der Waals surface area contributed by atoms with Gasteiger partial charge in [-0.3, -0.25) is 5.32 Å². The number of rotatable bonds is 7. The van der Waals surface area contributed by atoms with E-state index in [-0.39, 0.29) is 0 Å². The Morgan fingerprint density at radius 1 is 1.10 bits per heavy atom. The number of hydrogen-bond donors (Lipinski definition) is 2. The van der Waals surface area contributed by atoms with Gasteiger partial charge in [0.25, 0.3) is 0 Å². The van der Waals surface area contributed by atoms with Gasteiger partial charge in [-0.25, -0.2) is 9.48 Å². The van der Waals surface area contributed by atoms with Gasteiger partial charge in [0.2, 0.25) is 0 Å². The van der Waals surface area contributed by atoms with Crippen molar-refractivity contribution >= 4 is 40.7 Å². The summed E-state index contributed by atoms with van der Waals surface area (Å²) in [5.74, 6) is 1.27. The van der Waals surface area contributed by atoms with Crippen LogP contribution in [0.3, 0.4) is 0 Å². The molecule has 1 aromatic heterocycles. The number of benzene rings is 2. The van der Waals surface area contributed by atoms with Crippen molar-refractivity contribution in [1.82, 2.24) is 9.78 Å². The van der Waals surface area contributed by atoms with Gasteiger partial charge in [-0.2, -0.15) is 5.10 Å². The fraction of sp³-hybridized carbons (Fsp3) is 0.238. The lowest BCUT2D eigenvalue weighted by atomic mass is 10.2. The van der Waals surface area contributed by atoms with E-state index in [0.29, 0.717) is 27.3 Å². The first-order valence-electron chi connectivity index (χ1n) is 9.26. The van der Waals surface area contributed by atoms with Crippen molar-refractivity contribution in [3.63, 3.8) is 0 Å². The molecule has 2 N–H and O–H groups in total. The summed E-state index contributed by atoms with van der Waals surface area (Å²) < 4.78 is 7.00. The van der Waals surface area contributed by atoms with Crippen LogP contribution in [-0.4, -0.2) is 22.9 Å². The van der Waals surface area contributed by atoms with Crippen LogP contribution < -0.4 is 15.4 Å². The van der Waals surface area contributed by atoms with Gasteiger partial charge in [-0.1, -0.05) is 42.6 Å². The molecule has 3 aromatic rings. The third-order valence-corrected chi connectivity index (χ3v) is 5.00. The molecule has 1 heterocycles. The van der Waals surface area contributed by atoms with Gasteiger partial charge in [0.15, 0.2) is 0 Å². The van der Waals surface area contributed by atoms with Crippen LogP contribution >= 0.6 is 23.2 Å². The molecule has 2 amide bonds. The predicted molar refractivity (Wildman–Crippen MR) is 118 cm³/mol. The molecule has 0 saturated carbocycles. The third-order valence-electron chi connectivity index (χ3n) is 4.26. The Kier molecular flexibility index (Phi) is 7.01. The Labute approximate surface area is 179 Å². The highest BCUT2D eigenvalue weighted by Gasteiger charge is 2.14. The molecular weight excluding hydrogens is 411 g/mol. The van der Waals surface area contributed by atoms with Gasteiger partial charge in [0, 0.05) is 17.8 Å². The highest BCUT2D eigenvalue weighted by atomic mass is 35.5. The van der Waals surface area contributed by atoms with E-state index >= 15 is 0 Å². The summed E-state index contributed by atoms with van der Waals surface area (Å²) in [5, 5.41) is 11.1. The van der Waals surface area contributed by atoms with Crippen LogP contribution in [0.1, 0.15) is 25.5 Å². The van der Waals surface area contributed by atoms with E-state index in [1.54, 1.807) is 30.0 Å². The van der Waals surface area contributed by atoms with E-state index in [1.807, 2.05) is 30.3 Å². The molecule has 152 valence electrons. The Bertz CT molecular complexity index is 1000. The molecule has 0 fully saturated rings. The van der Waals surface area contributed by atoms with Crippen LogP contribution in [0.25, 0.3) is 5.69 Å². The van der Waals surface area contributed by atoms with Crippen LogP contribution in [0.5, 0.6) is 5.75 Å². The van der Waals surface area contributed by atoms with Crippen molar-refractivity contribution < 1.29 is 9.53 Å². The van der Waals surface area contributed by atoms with Crippen LogP contribution in [0.4, 0.5) is 16.3 Å². The van der Waals surface area contributed by atoms with E-state index in [1.165, 1.54) is 0 Å². The summed E-state index contributed by atoms with van der Waals surface area (Å²) in [7, 11) is 1.61. The second-order valence-corrected chi connectivity index (χ2v) is 7.26. The average molecular weight is 433 g/mol. The number of aromatic nitrogens is 2. The molecule has 29 heavy (non-hydrogen) atoms. The molecule has 0 spiro atoms. The first kappa shape index (κ1) is 21.0. The topological polar surface area (TPSA) is 68.2 Å². The summed E-state index contributed by atoms with van der Waals surface area (Å²) in [4.78, 5) is 12.5. The zero-order valence-electron chi connectivity index (χ0n) is 16.2. The minimum absolute atomic E-state index is 0.368. The minimum Gasteiger partial charge on any atom is -0.497 e. The number of carbonyl (C=O) groups excluding carboxylic acids is 1. The third kappa shape index (κ3) is 5.43. The molecule has 3 rings (SSSR count). The summed E-state index contributed by atoms with van der Waals surface area (Å²) >= 11 is 11.9. The number of amides is 2. The Hall–Kier alpha value is -2.70. The molecular formula is C21H22Cl2N4O2. The zero-order valence-corrected chi connectivity index (χ0v) is 17.7. The van der Waals surface area contributed by atoms with Crippen LogP contribution in [0.15, 0.2) is 48.5 Å². The second kappa shape index (κ2) is 9.67. The highest BCUT2D eigenvalue weighted by Crippen LogP contribution is 2.26. The maximum absolute atomic E-state index is 12.5. The van der Waals surface area contributed by atoms with Gasteiger partial charge < -0.3 is 10.1 Å². The molecule has 0 radical (unpaired) electrons. The number of nitrogens with zero attached hydrogens (tertiary/aromatic N) is 2. The van der Waals surface area contributed by atoms with Gasteiger partial charge >= 0.3 is 6.03 Å². The molecule has 0 atom stereocenters. The van der Waals surface area contributed by atoms with Gasteiger partial charge in [-0.05, 0) is 43.2 Å². The number of urea groups is 1. The molecule has 2 aromatic carbocycles. The largest absolute Gasteiger partial charge is 0.497 e. The summed E-state index contributed by atoms with van der Waals surface area (Å²) in [6.45, 7) is 2.13. The molecule has 0 aliphatic carbocycles. The Morgan fingerprint density at radius 2 is 1.93 bits per heavy atom.